The van der Waals surface area contributed by atoms with Gasteiger partial charge in [0.05, 0.1) is 16.9 Å². The Labute approximate surface area is 165 Å². The average molecular weight is 399 g/mol. The molecule has 0 aliphatic rings. The van der Waals surface area contributed by atoms with Crippen LogP contribution in [0.2, 0.25) is 0 Å². The minimum atomic E-state index is -0.704. The van der Waals surface area contributed by atoms with Crippen molar-refractivity contribution in [1.29, 1.82) is 0 Å². The number of H-pyrrole nitrogens is 1. The minimum absolute atomic E-state index is 0.115. The molecule has 1 unspecified atom stereocenters. The van der Waals surface area contributed by atoms with Crippen LogP contribution in [0.4, 0.5) is 5.95 Å². The van der Waals surface area contributed by atoms with Crippen LogP contribution in [-0.2, 0) is 4.74 Å². The van der Waals surface area contributed by atoms with Gasteiger partial charge < -0.3 is 20.6 Å². The van der Waals surface area contributed by atoms with Crippen molar-refractivity contribution in [3.63, 3.8) is 0 Å². The van der Waals surface area contributed by atoms with Crippen molar-refractivity contribution in [2.45, 2.75) is 32.3 Å². The quantitative estimate of drug-likeness (QED) is 0.335. The van der Waals surface area contributed by atoms with Gasteiger partial charge in [0, 0.05) is 11.1 Å². The number of nitrogens with one attached hydrogen (secondary N) is 1. The van der Waals surface area contributed by atoms with Crippen LogP contribution < -0.4 is 5.73 Å². The Morgan fingerprint density at radius 1 is 1.31 bits per heavy atom. The Kier molecular flexibility index (Phi) is 5.10. The maximum absolute atomic E-state index is 12.2. The monoisotopic (exact) mass is 399 g/mol. The Morgan fingerprint density at radius 3 is 2.55 bits per heavy atom. The Morgan fingerprint density at radius 2 is 1.97 bits per heavy atom. The lowest BCUT2D eigenvalue weighted by molar-refractivity contribution is -0.481. The molecule has 0 saturated carbocycles. The van der Waals surface area contributed by atoms with Crippen LogP contribution in [-0.4, -0.2) is 43.1 Å². The Bertz CT molecular complexity index is 1070. The molecule has 0 radical (unpaired) electrons. The first-order valence-corrected chi connectivity index (χ1v) is 8.83. The lowest BCUT2D eigenvalue weighted by Crippen LogP contribution is -2.23. The predicted octanol–water partition coefficient (Wildman–Crippen LogP) is 2.61. The number of aromatic nitrogens is 3. The van der Waals surface area contributed by atoms with Crippen molar-refractivity contribution in [1.82, 2.24) is 15.0 Å². The van der Waals surface area contributed by atoms with Crippen molar-refractivity contribution < 1.29 is 19.6 Å². The highest BCUT2D eigenvalue weighted by atomic mass is 16.6. The highest BCUT2D eigenvalue weighted by Crippen LogP contribution is 2.35. The summed E-state index contributed by atoms with van der Waals surface area (Å²) in [5.74, 6) is -1.66. The second-order valence-electron chi connectivity index (χ2n) is 7.56. The summed E-state index contributed by atoms with van der Waals surface area (Å²) in [6.07, 6.45) is 1.54. The molecule has 29 heavy (non-hydrogen) atoms. The minimum Gasteiger partial charge on any atom is -0.493 e. The van der Waals surface area contributed by atoms with Crippen molar-refractivity contribution in [2.75, 3.05) is 12.3 Å². The molecular weight excluding hydrogens is 378 g/mol. The number of rotatable bonds is 5. The summed E-state index contributed by atoms with van der Waals surface area (Å²) in [4.78, 5) is 33.6. The molecule has 152 valence electrons. The van der Waals surface area contributed by atoms with Crippen molar-refractivity contribution in [2.24, 2.45) is 0 Å². The van der Waals surface area contributed by atoms with Crippen LogP contribution >= 0.6 is 0 Å². The predicted molar refractivity (Wildman–Crippen MR) is 105 cm³/mol. The summed E-state index contributed by atoms with van der Waals surface area (Å²) >= 11 is 0. The van der Waals surface area contributed by atoms with Crippen molar-refractivity contribution >= 4 is 23.0 Å². The van der Waals surface area contributed by atoms with E-state index in [9.17, 15) is 20.0 Å². The van der Waals surface area contributed by atoms with E-state index in [0.29, 0.717) is 16.7 Å². The van der Waals surface area contributed by atoms with Gasteiger partial charge in [-0.05, 0) is 44.0 Å². The fourth-order valence-electron chi connectivity index (χ4n) is 3.05. The number of nitrogens with two attached hydrogens (primary N) is 1. The molecule has 0 aliphatic heterocycles. The van der Waals surface area contributed by atoms with Crippen molar-refractivity contribution in [3.8, 4) is 5.88 Å². The lowest BCUT2D eigenvalue weighted by Gasteiger charge is -2.19. The summed E-state index contributed by atoms with van der Waals surface area (Å²) in [5, 5.41) is 21.8. The normalized spacial score (nSPS) is 12.7. The van der Waals surface area contributed by atoms with Gasteiger partial charge in [-0.25, -0.2) is 4.79 Å². The molecule has 10 heteroatoms. The summed E-state index contributed by atoms with van der Waals surface area (Å²) in [6, 6.07) is 6.36. The number of fused-ring (bicyclic) bond motifs is 1. The molecule has 4 N–H and O–H groups in total. The Balaban J connectivity index is 2.00. The number of hydrogen-bond donors (Lipinski definition) is 3. The number of aromatic amines is 1. The van der Waals surface area contributed by atoms with E-state index in [1.807, 2.05) is 0 Å². The average Bonchev–Trinajstić information content (AvgIpc) is 3.02. The van der Waals surface area contributed by atoms with E-state index in [1.165, 1.54) is 6.20 Å². The second kappa shape index (κ2) is 7.38. The zero-order valence-corrected chi connectivity index (χ0v) is 16.2. The zero-order chi connectivity index (χ0) is 21.3. The van der Waals surface area contributed by atoms with Crippen LogP contribution in [0.15, 0.2) is 30.5 Å². The van der Waals surface area contributed by atoms with E-state index in [2.05, 4.69) is 15.0 Å². The number of esters is 1. The zero-order valence-electron chi connectivity index (χ0n) is 16.2. The number of ether oxygens (including phenoxy) is 1. The molecule has 2 heterocycles. The lowest BCUT2D eigenvalue weighted by atomic mass is 9.91. The van der Waals surface area contributed by atoms with Crippen LogP contribution in [0.5, 0.6) is 5.88 Å². The fourth-order valence-corrected chi connectivity index (χ4v) is 3.05. The number of nitrogens with zero attached hydrogens (tertiary/aromatic N) is 3. The molecule has 2 aromatic heterocycles. The van der Waals surface area contributed by atoms with Gasteiger partial charge in [-0.1, -0.05) is 12.1 Å². The third kappa shape index (κ3) is 4.42. The van der Waals surface area contributed by atoms with Crippen LogP contribution in [0.25, 0.3) is 11.0 Å². The summed E-state index contributed by atoms with van der Waals surface area (Å²) in [6.45, 7) is 4.88. The van der Waals surface area contributed by atoms with Gasteiger partial charge in [0.15, 0.2) is 0 Å². The number of carbonyl (C=O) groups excluding carboxylic acids is 1. The maximum atomic E-state index is 12.2. The van der Waals surface area contributed by atoms with Crippen molar-refractivity contribution in [3.05, 3.63) is 57.3 Å². The molecule has 3 aromatic rings. The van der Waals surface area contributed by atoms with E-state index in [4.69, 9.17) is 10.5 Å². The van der Waals surface area contributed by atoms with E-state index >= 15 is 0 Å². The van der Waals surface area contributed by atoms with Crippen LogP contribution in [0.1, 0.15) is 48.2 Å². The van der Waals surface area contributed by atoms with Crippen LogP contribution in [0.3, 0.4) is 0 Å². The highest BCUT2D eigenvalue weighted by Gasteiger charge is 2.26. The van der Waals surface area contributed by atoms with Crippen LogP contribution in [0, 0.1) is 10.1 Å². The first-order chi connectivity index (χ1) is 13.5. The molecule has 0 bridgehead atoms. The largest absolute Gasteiger partial charge is 0.493 e. The first-order valence-electron chi connectivity index (χ1n) is 8.83. The number of hydrogen-bond acceptors (Lipinski definition) is 8. The molecule has 0 fully saturated rings. The third-order valence-corrected chi connectivity index (χ3v) is 4.21. The number of carbonyl (C=O) groups is 1. The molecule has 10 nitrogen and oxygen atoms in total. The molecular formula is C19H21N5O5. The number of nitro groups is 1. The molecule has 3 rings (SSSR count). The first kappa shape index (κ1) is 20.1. The molecule has 0 amide bonds. The van der Waals surface area contributed by atoms with Gasteiger partial charge >= 0.3 is 5.97 Å². The van der Waals surface area contributed by atoms with E-state index in [-0.39, 0.29) is 22.9 Å². The number of aromatic hydroxyl groups is 1. The SMILES string of the molecule is CC(C)(C)OC(=O)c1ccc(C(C[N+](=O)[O-])c2c[nH]c3nc(N)nc(O)c23)cc1. The number of benzene rings is 1. The van der Waals surface area contributed by atoms with Gasteiger partial charge in [-0.2, -0.15) is 9.97 Å². The number of nitrogen functional groups attached to an aromatic ring is 1. The van der Waals surface area contributed by atoms with E-state index < -0.39 is 29.0 Å². The fraction of sp³-hybridized carbons (Fsp3) is 0.316. The standard InChI is InChI=1S/C19H21N5O5/c1-19(2,3)29-17(26)11-6-4-10(5-7-11)13(9-24(27)28)12-8-21-15-14(12)16(25)23-18(20)22-15/h4-8,13H,9H2,1-3H3,(H4,20,21,22,23,25). The summed E-state index contributed by atoms with van der Waals surface area (Å²) in [5.41, 5.74) is 6.57. The van der Waals surface area contributed by atoms with Gasteiger partial charge in [-0.3, -0.25) is 10.1 Å². The van der Waals surface area contributed by atoms with Gasteiger partial charge in [0.2, 0.25) is 18.4 Å². The van der Waals surface area contributed by atoms with Gasteiger partial charge in [-0.15, -0.1) is 0 Å². The van der Waals surface area contributed by atoms with E-state index in [1.54, 1.807) is 45.0 Å². The molecule has 0 spiro atoms. The van der Waals surface area contributed by atoms with E-state index in [0.717, 1.165) is 0 Å². The number of anilines is 1. The maximum Gasteiger partial charge on any atom is 0.338 e. The van der Waals surface area contributed by atoms with Gasteiger partial charge in [0.1, 0.15) is 11.2 Å². The molecule has 1 atom stereocenters. The topological polar surface area (TPSA) is 157 Å². The highest BCUT2D eigenvalue weighted by molar-refractivity contribution is 5.90. The van der Waals surface area contributed by atoms with Gasteiger partial charge in [0.25, 0.3) is 0 Å². The third-order valence-electron chi connectivity index (χ3n) is 4.21. The smallest absolute Gasteiger partial charge is 0.338 e. The summed E-state index contributed by atoms with van der Waals surface area (Å²) in [7, 11) is 0. The molecule has 0 aliphatic carbocycles. The molecule has 0 saturated heterocycles. The summed E-state index contributed by atoms with van der Waals surface area (Å²) < 4.78 is 5.33. The second-order valence-corrected chi connectivity index (χ2v) is 7.56. The molecule has 1 aromatic carbocycles. The Hall–Kier alpha value is -3.69.